The Labute approximate surface area is 227 Å². The summed E-state index contributed by atoms with van der Waals surface area (Å²) in [6, 6.07) is 18.7. The normalized spacial score (nSPS) is 18.1. The molecule has 2 unspecified atom stereocenters. The van der Waals surface area contributed by atoms with Crippen molar-refractivity contribution in [3.05, 3.63) is 83.1 Å². The maximum Gasteiger partial charge on any atom is 0.308 e. The number of benzene rings is 3. The van der Waals surface area contributed by atoms with Crippen LogP contribution in [0.3, 0.4) is 0 Å². The molecule has 8 nitrogen and oxygen atoms in total. The summed E-state index contributed by atoms with van der Waals surface area (Å²) in [7, 11) is 3.14. The molecule has 39 heavy (non-hydrogen) atoms. The van der Waals surface area contributed by atoms with Crippen LogP contribution in [0.4, 0.5) is 11.4 Å². The molecule has 3 aromatic rings. The average molecular weight is 529 g/mol. The summed E-state index contributed by atoms with van der Waals surface area (Å²) in [5.74, 6) is 1.67. The fourth-order valence-corrected chi connectivity index (χ4v) is 5.29. The standard InChI is InChI=1S/C31H32N2O6/c1-5-38-26-12-10-19(16-28(26)36-3)21-14-24-30(25(35)15-21)31(33-23-9-7-6-8-22(23)32-24)20-11-13-27(39-18(2)34)29(17-20)37-4/h6-13,16-17,21,31-33H,5,14-15H2,1-4H3. The summed E-state index contributed by atoms with van der Waals surface area (Å²) in [6.07, 6.45) is 1.00. The molecule has 0 aromatic heterocycles. The molecule has 0 spiro atoms. The number of carbonyl (C=O) groups is 2. The van der Waals surface area contributed by atoms with Crippen LogP contribution in [-0.2, 0) is 9.59 Å². The highest BCUT2D eigenvalue weighted by molar-refractivity contribution is 6.01. The summed E-state index contributed by atoms with van der Waals surface area (Å²) < 4.78 is 22.1. The van der Waals surface area contributed by atoms with Crippen molar-refractivity contribution in [2.75, 3.05) is 31.5 Å². The fraction of sp³-hybridized carbons (Fsp3) is 0.290. The Hall–Kier alpha value is -4.46. The van der Waals surface area contributed by atoms with Crippen molar-refractivity contribution >= 4 is 23.1 Å². The molecule has 202 valence electrons. The van der Waals surface area contributed by atoms with Gasteiger partial charge in [0.05, 0.1) is 38.2 Å². The van der Waals surface area contributed by atoms with Gasteiger partial charge in [0.25, 0.3) is 0 Å². The Bertz CT molecular complexity index is 1450. The molecular formula is C31H32N2O6. The summed E-state index contributed by atoms with van der Waals surface area (Å²) in [4.78, 5) is 25.5. The molecule has 5 rings (SSSR count). The predicted octanol–water partition coefficient (Wildman–Crippen LogP) is 6.01. The van der Waals surface area contributed by atoms with E-state index in [1.807, 2.05) is 61.5 Å². The van der Waals surface area contributed by atoms with E-state index in [4.69, 9.17) is 18.9 Å². The SMILES string of the molecule is CCOc1ccc(C2CC(=O)C3=C(C2)Nc2ccccc2NC3c2ccc(OC(C)=O)c(OC)c2)cc1OC. The van der Waals surface area contributed by atoms with Gasteiger partial charge >= 0.3 is 5.97 Å². The first-order valence-corrected chi connectivity index (χ1v) is 13.0. The predicted molar refractivity (Wildman–Crippen MR) is 149 cm³/mol. The molecule has 0 saturated carbocycles. The van der Waals surface area contributed by atoms with Crippen LogP contribution in [0.1, 0.15) is 49.8 Å². The van der Waals surface area contributed by atoms with Crippen LogP contribution in [0, 0.1) is 0 Å². The molecule has 0 fully saturated rings. The van der Waals surface area contributed by atoms with Gasteiger partial charge in [-0.1, -0.05) is 24.3 Å². The number of esters is 1. The van der Waals surface area contributed by atoms with Gasteiger partial charge in [0.1, 0.15) is 0 Å². The number of para-hydroxylation sites is 2. The minimum atomic E-state index is -0.434. The molecule has 1 aliphatic heterocycles. The van der Waals surface area contributed by atoms with Crippen LogP contribution in [0.5, 0.6) is 23.0 Å². The number of nitrogens with one attached hydrogen (secondary N) is 2. The molecule has 3 aromatic carbocycles. The smallest absolute Gasteiger partial charge is 0.308 e. The summed E-state index contributed by atoms with van der Waals surface area (Å²) >= 11 is 0. The lowest BCUT2D eigenvalue weighted by atomic mass is 9.78. The van der Waals surface area contributed by atoms with Gasteiger partial charge in [-0.25, -0.2) is 0 Å². The maximum atomic E-state index is 13.9. The van der Waals surface area contributed by atoms with E-state index >= 15 is 0 Å². The Morgan fingerprint density at radius 3 is 2.26 bits per heavy atom. The van der Waals surface area contributed by atoms with E-state index < -0.39 is 12.0 Å². The van der Waals surface area contributed by atoms with Crippen LogP contribution in [0.25, 0.3) is 0 Å². The van der Waals surface area contributed by atoms with Crippen molar-refractivity contribution in [1.82, 2.24) is 0 Å². The Balaban J connectivity index is 1.56. The van der Waals surface area contributed by atoms with Crippen molar-refractivity contribution in [2.24, 2.45) is 0 Å². The molecule has 0 amide bonds. The summed E-state index contributed by atoms with van der Waals surface area (Å²) in [5, 5.41) is 7.13. The monoisotopic (exact) mass is 528 g/mol. The zero-order valence-electron chi connectivity index (χ0n) is 22.5. The van der Waals surface area contributed by atoms with Crippen molar-refractivity contribution in [3.63, 3.8) is 0 Å². The van der Waals surface area contributed by atoms with Gasteiger partial charge in [0.2, 0.25) is 0 Å². The molecule has 0 radical (unpaired) electrons. The van der Waals surface area contributed by atoms with Gasteiger partial charge < -0.3 is 29.6 Å². The number of ketones is 1. The van der Waals surface area contributed by atoms with Crippen molar-refractivity contribution in [3.8, 4) is 23.0 Å². The van der Waals surface area contributed by atoms with Gasteiger partial charge in [-0.2, -0.15) is 0 Å². The van der Waals surface area contributed by atoms with E-state index in [1.165, 1.54) is 14.0 Å². The van der Waals surface area contributed by atoms with Crippen molar-refractivity contribution in [1.29, 1.82) is 0 Å². The molecule has 0 saturated heterocycles. The number of allylic oxidation sites excluding steroid dienone is 1. The second-order valence-electron chi connectivity index (χ2n) is 9.52. The number of Topliss-reactive ketones (excluding diaryl/α,β-unsaturated/α-hetero) is 1. The highest BCUT2D eigenvalue weighted by Crippen LogP contribution is 2.46. The van der Waals surface area contributed by atoms with Crippen molar-refractivity contribution in [2.45, 2.75) is 38.6 Å². The number of fused-ring (bicyclic) bond motifs is 1. The minimum absolute atomic E-state index is 0.0277. The van der Waals surface area contributed by atoms with Crippen LogP contribution < -0.4 is 29.6 Å². The van der Waals surface area contributed by atoms with E-state index in [9.17, 15) is 9.59 Å². The Kier molecular flexibility index (Phi) is 7.45. The van der Waals surface area contributed by atoms with E-state index in [1.54, 1.807) is 13.2 Å². The van der Waals surface area contributed by atoms with Gasteiger partial charge in [-0.3, -0.25) is 9.59 Å². The quantitative estimate of drug-likeness (QED) is 0.285. The molecule has 2 atom stereocenters. The molecule has 8 heteroatoms. The Morgan fingerprint density at radius 2 is 1.54 bits per heavy atom. The highest BCUT2D eigenvalue weighted by atomic mass is 16.6. The van der Waals surface area contributed by atoms with Gasteiger partial charge in [-0.15, -0.1) is 0 Å². The molecule has 0 bridgehead atoms. The second-order valence-corrected chi connectivity index (χ2v) is 9.52. The highest BCUT2D eigenvalue weighted by Gasteiger charge is 2.36. The zero-order chi connectivity index (χ0) is 27.5. The minimum Gasteiger partial charge on any atom is -0.493 e. The van der Waals surface area contributed by atoms with Crippen LogP contribution in [0.2, 0.25) is 0 Å². The topological polar surface area (TPSA) is 95.1 Å². The Morgan fingerprint density at radius 1 is 0.872 bits per heavy atom. The molecule has 1 heterocycles. The third-order valence-electron chi connectivity index (χ3n) is 7.04. The average Bonchev–Trinajstić information content (AvgIpc) is 3.10. The van der Waals surface area contributed by atoms with Gasteiger partial charge in [-0.05, 0) is 66.8 Å². The third-order valence-corrected chi connectivity index (χ3v) is 7.04. The lowest BCUT2D eigenvalue weighted by molar-refractivity contribution is -0.132. The first-order chi connectivity index (χ1) is 18.9. The van der Waals surface area contributed by atoms with E-state index in [2.05, 4.69) is 10.6 Å². The number of ether oxygens (including phenoxy) is 4. The second kappa shape index (κ2) is 11.1. The van der Waals surface area contributed by atoms with Gasteiger partial charge in [0.15, 0.2) is 28.8 Å². The molecule has 2 aliphatic rings. The first kappa shape index (κ1) is 26.2. The lowest BCUT2D eigenvalue weighted by Gasteiger charge is -2.30. The number of anilines is 2. The van der Waals surface area contributed by atoms with Crippen LogP contribution in [-0.4, -0.2) is 32.6 Å². The van der Waals surface area contributed by atoms with Crippen LogP contribution in [0.15, 0.2) is 71.9 Å². The van der Waals surface area contributed by atoms with E-state index in [-0.39, 0.29) is 11.7 Å². The van der Waals surface area contributed by atoms with E-state index in [0.717, 1.165) is 28.2 Å². The lowest BCUT2D eigenvalue weighted by Crippen LogP contribution is -2.27. The number of methoxy groups -OCH3 is 2. The fourth-order valence-electron chi connectivity index (χ4n) is 5.29. The molecule has 2 N–H and O–H groups in total. The van der Waals surface area contributed by atoms with Crippen LogP contribution >= 0.6 is 0 Å². The summed E-state index contributed by atoms with van der Waals surface area (Å²) in [6.45, 7) is 3.82. The molecule has 1 aliphatic carbocycles. The molecular weight excluding hydrogens is 496 g/mol. The number of rotatable bonds is 7. The largest absolute Gasteiger partial charge is 0.493 e. The number of carbonyl (C=O) groups excluding carboxylic acids is 2. The van der Waals surface area contributed by atoms with Crippen molar-refractivity contribution < 1.29 is 28.5 Å². The first-order valence-electron chi connectivity index (χ1n) is 13.0. The van der Waals surface area contributed by atoms with Gasteiger partial charge in [0, 0.05) is 24.6 Å². The summed E-state index contributed by atoms with van der Waals surface area (Å²) in [5.41, 5.74) is 5.17. The van der Waals surface area contributed by atoms with E-state index in [0.29, 0.717) is 48.0 Å². The zero-order valence-corrected chi connectivity index (χ0v) is 22.5. The number of hydrogen-bond donors (Lipinski definition) is 2. The maximum absolute atomic E-state index is 13.9. The number of hydrogen-bond acceptors (Lipinski definition) is 8. The third kappa shape index (κ3) is 5.27.